The minimum absolute atomic E-state index is 0.200. The Bertz CT molecular complexity index is 404. The van der Waals surface area contributed by atoms with Crippen molar-refractivity contribution in [1.82, 2.24) is 10.3 Å². The first-order valence-corrected chi connectivity index (χ1v) is 5.71. The van der Waals surface area contributed by atoms with Crippen LogP contribution < -0.4 is 10.6 Å². The topological polar surface area (TPSA) is 54.0 Å². The van der Waals surface area contributed by atoms with Crippen molar-refractivity contribution in [3.05, 3.63) is 22.8 Å². The fourth-order valence-corrected chi connectivity index (χ4v) is 1.57. The van der Waals surface area contributed by atoms with Crippen LogP contribution in [-0.4, -0.2) is 24.5 Å². The Kier molecular flexibility index (Phi) is 3.29. The Hall–Kier alpha value is -1.29. The van der Waals surface area contributed by atoms with E-state index in [1.54, 1.807) is 19.2 Å². The summed E-state index contributed by atoms with van der Waals surface area (Å²) < 4.78 is 0. The van der Waals surface area contributed by atoms with Crippen molar-refractivity contribution in [2.45, 2.75) is 12.8 Å². The molecule has 0 aromatic carbocycles. The zero-order valence-electron chi connectivity index (χ0n) is 9.09. The number of nitrogens with one attached hydrogen (secondary N) is 2. The van der Waals surface area contributed by atoms with Gasteiger partial charge in [0.25, 0.3) is 5.91 Å². The minimum atomic E-state index is -0.200. The van der Waals surface area contributed by atoms with Crippen LogP contribution in [0.5, 0.6) is 0 Å². The Morgan fingerprint density at radius 3 is 2.94 bits per heavy atom. The van der Waals surface area contributed by atoms with Crippen LogP contribution in [0.3, 0.4) is 0 Å². The van der Waals surface area contributed by atoms with E-state index in [0.717, 1.165) is 6.54 Å². The molecule has 1 heterocycles. The number of hydrogen-bond donors (Lipinski definition) is 2. The molecular formula is C11H14ClN3O. The highest BCUT2D eigenvalue weighted by Crippen LogP contribution is 2.27. The van der Waals surface area contributed by atoms with Crippen molar-refractivity contribution in [3.8, 4) is 0 Å². The number of carbonyl (C=O) groups excluding carboxylic acids is 1. The summed E-state index contributed by atoms with van der Waals surface area (Å²) in [7, 11) is 1.75. The van der Waals surface area contributed by atoms with Crippen LogP contribution in [0.25, 0.3) is 0 Å². The number of nitrogens with zero attached hydrogens (tertiary/aromatic N) is 1. The molecule has 1 aromatic heterocycles. The molecule has 1 aliphatic carbocycles. The number of anilines is 1. The molecule has 2 rings (SSSR count). The van der Waals surface area contributed by atoms with Gasteiger partial charge in [-0.2, -0.15) is 0 Å². The molecule has 4 nitrogen and oxygen atoms in total. The lowest BCUT2D eigenvalue weighted by molar-refractivity contribution is 0.0947. The molecule has 1 fully saturated rings. The summed E-state index contributed by atoms with van der Waals surface area (Å²) >= 11 is 5.93. The number of carbonyl (C=O) groups is 1. The monoisotopic (exact) mass is 239 g/mol. The standard InChI is InChI=1S/C11H14ClN3O/c1-13-9-5-4-8(12)10(15-9)11(16)14-6-7-2-3-7/h4-5,7H,2-3,6H2,1H3,(H,13,15)(H,14,16). The lowest BCUT2D eigenvalue weighted by atomic mass is 10.3. The van der Waals surface area contributed by atoms with Crippen molar-refractivity contribution in [3.63, 3.8) is 0 Å². The maximum Gasteiger partial charge on any atom is 0.271 e. The quantitative estimate of drug-likeness (QED) is 0.844. The summed E-state index contributed by atoms with van der Waals surface area (Å²) in [6.45, 7) is 0.723. The van der Waals surface area contributed by atoms with Crippen LogP contribution in [0.15, 0.2) is 12.1 Å². The van der Waals surface area contributed by atoms with E-state index in [4.69, 9.17) is 11.6 Å². The summed E-state index contributed by atoms with van der Waals surface area (Å²) in [5.41, 5.74) is 0.286. The lowest BCUT2D eigenvalue weighted by Crippen LogP contribution is -2.26. The molecule has 1 aromatic rings. The van der Waals surface area contributed by atoms with Gasteiger partial charge in [0.1, 0.15) is 11.5 Å². The Morgan fingerprint density at radius 1 is 1.56 bits per heavy atom. The maximum absolute atomic E-state index is 11.8. The maximum atomic E-state index is 11.8. The Labute approximate surface area is 99.4 Å². The molecule has 86 valence electrons. The molecule has 1 saturated carbocycles. The van der Waals surface area contributed by atoms with Crippen LogP contribution in [-0.2, 0) is 0 Å². The van der Waals surface area contributed by atoms with Gasteiger partial charge in [-0.05, 0) is 30.9 Å². The van der Waals surface area contributed by atoms with E-state index in [-0.39, 0.29) is 11.6 Å². The molecule has 2 N–H and O–H groups in total. The molecular weight excluding hydrogens is 226 g/mol. The summed E-state index contributed by atoms with van der Waals surface area (Å²) in [6.07, 6.45) is 2.41. The molecule has 0 atom stereocenters. The molecule has 0 saturated heterocycles. The van der Waals surface area contributed by atoms with E-state index in [0.29, 0.717) is 16.8 Å². The van der Waals surface area contributed by atoms with Gasteiger partial charge in [0.05, 0.1) is 5.02 Å². The second-order valence-corrected chi connectivity index (χ2v) is 4.34. The van der Waals surface area contributed by atoms with Crippen molar-refractivity contribution in [2.24, 2.45) is 5.92 Å². The predicted octanol–water partition coefficient (Wildman–Crippen LogP) is 1.92. The van der Waals surface area contributed by atoms with Gasteiger partial charge in [-0.25, -0.2) is 4.98 Å². The molecule has 5 heteroatoms. The third kappa shape index (κ3) is 2.64. The van der Waals surface area contributed by atoms with Gasteiger partial charge in [0.2, 0.25) is 0 Å². The van der Waals surface area contributed by atoms with Gasteiger partial charge < -0.3 is 10.6 Å². The van der Waals surface area contributed by atoms with Gasteiger partial charge in [-0.1, -0.05) is 11.6 Å². The molecule has 0 bridgehead atoms. The number of aromatic nitrogens is 1. The number of pyridine rings is 1. The fraction of sp³-hybridized carbons (Fsp3) is 0.455. The first-order valence-electron chi connectivity index (χ1n) is 5.33. The Morgan fingerprint density at radius 2 is 2.31 bits per heavy atom. The van der Waals surface area contributed by atoms with Gasteiger partial charge in [-0.15, -0.1) is 0 Å². The van der Waals surface area contributed by atoms with Crippen LogP contribution in [0.2, 0.25) is 5.02 Å². The highest BCUT2D eigenvalue weighted by molar-refractivity contribution is 6.33. The van der Waals surface area contributed by atoms with Crippen LogP contribution in [0.1, 0.15) is 23.3 Å². The summed E-state index contributed by atoms with van der Waals surface area (Å²) in [5, 5.41) is 6.10. The van der Waals surface area contributed by atoms with Crippen molar-refractivity contribution >= 4 is 23.3 Å². The van der Waals surface area contributed by atoms with E-state index in [2.05, 4.69) is 15.6 Å². The number of halogens is 1. The predicted molar refractivity (Wildman–Crippen MR) is 63.9 cm³/mol. The second kappa shape index (κ2) is 4.70. The first-order chi connectivity index (χ1) is 7.70. The van der Waals surface area contributed by atoms with Gasteiger partial charge in [0, 0.05) is 13.6 Å². The van der Waals surface area contributed by atoms with Crippen LogP contribution in [0, 0.1) is 5.92 Å². The summed E-state index contributed by atoms with van der Waals surface area (Å²) in [5.74, 6) is 1.09. The number of rotatable bonds is 4. The first kappa shape index (κ1) is 11.2. The van der Waals surface area contributed by atoms with E-state index in [1.807, 2.05) is 0 Å². The average Bonchev–Trinajstić information content (AvgIpc) is 3.10. The SMILES string of the molecule is CNc1ccc(Cl)c(C(=O)NCC2CC2)n1. The average molecular weight is 240 g/mol. The van der Waals surface area contributed by atoms with Gasteiger partial charge in [-0.3, -0.25) is 4.79 Å². The third-order valence-electron chi connectivity index (χ3n) is 2.57. The Balaban J connectivity index is 2.07. The highest BCUT2D eigenvalue weighted by atomic mass is 35.5. The second-order valence-electron chi connectivity index (χ2n) is 3.93. The van der Waals surface area contributed by atoms with E-state index < -0.39 is 0 Å². The normalized spacial score (nSPS) is 14.6. The smallest absolute Gasteiger partial charge is 0.271 e. The van der Waals surface area contributed by atoms with E-state index in [1.165, 1.54) is 12.8 Å². The van der Waals surface area contributed by atoms with Crippen molar-refractivity contribution in [2.75, 3.05) is 18.9 Å². The largest absolute Gasteiger partial charge is 0.373 e. The lowest BCUT2D eigenvalue weighted by Gasteiger charge is -2.07. The number of hydrogen-bond acceptors (Lipinski definition) is 3. The summed E-state index contributed by atoms with van der Waals surface area (Å²) in [6, 6.07) is 3.41. The third-order valence-corrected chi connectivity index (χ3v) is 2.87. The highest BCUT2D eigenvalue weighted by Gasteiger charge is 2.22. The van der Waals surface area contributed by atoms with E-state index in [9.17, 15) is 4.79 Å². The molecule has 0 radical (unpaired) electrons. The zero-order valence-corrected chi connectivity index (χ0v) is 9.84. The molecule has 1 aliphatic rings. The molecule has 16 heavy (non-hydrogen) atoms. The van der Waals surface area contributed by atoms with E-state index >= 15 is 0 Å². The van der Waals surface area contributed by atoms with Gasteiger partial charge in [0.15, 0.2) is 0 Å². The zero-order chi connectivity index (χ0) is 11.5. The molecule has 0 aliphatic heterocycles. The minimum Gasteiger partial charge on any atom is -0.373 e. The van der Waals surface area contributed by atoms with Crippen LogP contribution in [0.4, 0.5) is 5.82 Å². The van der Waals surface area contributed by atoms with Crippen molar-refractivity contribution < 1.29 is 4.79 Å². The van der Waals surface area contributed by atoms with Gasteiger partial charge >= 0.3 is 0 Å². The number of amides is 1. The fourth-order valence-electron chi connectivity index (χ4n) is 1.38. The molecule has 0 spiro atoms. The molecule has 1 amide bonds. The van der Waals surface area contributed by atoms with Crippen LogP contribution >= 0.6 is 11.6 Å². The molecule has 0 unspecified atom stereocenters. The summed E-state index contributed by atoms with van der Waals surface area (Å²) in [4.78, 5) is 15.9. The van der Waals surface area contributed by atoms with Crippen molar-refractivity contribution in [1.29, 1.82) is 0 Å².